The molecule has 0 spiro atoms. The summed E-state index contributed by atoms with van der Waals surface area (Å²) in [6.07, 6.45) is 5.60. The zero-order valence-electron chi connectivity index (χ0n) is 9.71. The van der Waals surface area contributed by atoms with Crippen molar-refractivity contribution in [1.29, 1.82) is 0 Å². The molecule has 0 heterocycles. The van der Waals surface area contributed by atoms with E-state index in [2.05, 4.69) is 22.8 Å². The molecule has 0 aliphatic heterocycles. The fourth-order valence-electron chi connectivity index (χ4n) is 2.12. The van der Waals surface area contributed by atoms with Crippen molar-refractivity contribution in [3.63, 3.8) is 0 Å². The molecule has 0 radical (unpaired) electrons. The second-order valence-electron chi connectivity index (χ2n) is 4.02. The molecule has 0 aromatic carbocycles. The van der Waals surface area contributed by atoms with Gasteiger partial charge in [0.25, 0.3) is 0 Å². The van der Waals surface area contributed by atoms with E-state index in [9.17, 15) is 0 Å². The molecule has 0 saturated heterocycles. The molecule has 0 atom stereocenters. The van der Waals surface area contributed by atoms with Crippen molar-refractivity contribution < 1.29 is 0 Å². The topological polar surface area (TPSA) is 30.5 Å². The first-order valence-corrected chi connectivity index (χ1v) is 5.60. The molecule has 1 aliphatic rings. The monoisotopic (exact) mass is 200 g/mol. The highest BCUT2D eigenvalue weighted by Gasteiger charge is 2.19. The molecule has 1 rings (SSSR count). The van der Waals surface area contributed by atoms with E-state index in [4.69, 9.17) is 0 Å². The molecule has 1 saturated carbocycles. The predicted octanol–water partition coefficient (Wildman–Crippen LogP) is 0.432. The average Bonchev–Trinajstić information content (AvgIpc) is 2.72. The Morgan fingerprint density at radius 2 is 1.64 bits per heavy atom. The standard InChI is InChI=1S/C10H24N4/c1-11-14(12-2)9-8-13(3)10-6-4-5-7-10/h10-12H,4-9H2,1-3H3. The summed E-state index contributed by atoms with van der Waals surface area (Å²) < 4.78 is 0. The second kappa shape index (κ2) is 6.35. The Morgan fingerprint density at radius 3 is 2.14 bits per heavy atom. The van der Waals surface area contributed by atoms with Gasteiger partial charge >= 0.3 is 0 Å². The molecule has 0 aromatic rings. The van der Waals surface area contributed by atoms with E-state index in [1.54, 1.807) is 0 Å². The number of nitrogens with zero attached hydrogens (tertiary/aromatic N) is 2. The van der Waals surface area contributed by atoms with E-state index in [0.717, 1.165) is 19.1 Å². The lowest BCUT2D eigenvalue weighted by molar-refractivity contribution is 0.115. The number of nitrogens with one attached hydrogen (secondary N) is 2. The summed E-state index contributed by atoms with van der Waals surface area (Å²) in [4.78, 5) is 2.48. The molecule has 2 N–H and O–H groups in total. The molecule has 14 heavy (non-hydrogen) atoms. The van der Waals surface area contributed by atoms with Gasteiger partial charge < -0.3 is 4.90 Å². The van der Waals surface area contributed by atoms with Crippen LogP contribution in [0.2, 0.25) is 0 Å². The maximum absolute atomic E-state index is 3.09. The van der Waals surface area contributed by atoms with Crippen molar-refractivity contribution in [1.82, 2.24) is 20.9 Å². The van der Waals surface area contributed by atoms with Gasteiger partial charge in [-0.1, -0.05) is 12.8 Å². The molecule has 1 aliphatic carbocycles. The van der Waals surface area contributed by atoms with Crippen molar-refractivity contribution in [2.45, 2.75) is 31.7 Å². The smallest absolute Gasteiger partial charge is 0.0415 e. The van der Waals surface area contributed by atoms with Crippen LogP contribution < -0.4 is 10.9 Å². The SMILES string of the molecule is CNN(CCN(C)C1CCCC1)NC. The highest BCUT2D eigenvalue weighted by atomic mass is 15.7. The first kappa shape index (κ1) is 11.9. The number of likely N-dealkylation sites (N-methyl/N-ethyl adjacent to an activating group) is 1. The summed E-state index contributed by atoms with van der Waals surface area (Å²) in [5.74, 6) is 0. The quantitative estimate of drug-likeness (QED) is 0.609. The van der Waals surface area contributed by atoms with Crippen LogP contribution in [0.4, 0.5) is 0 Å². The normalized spacial score (nSPS) is 18.6. The van der Waals surface area contributed by atoms with Crippen LogP contribution in [0.25, 0.3) is 0 Å². The zero-order chi connectivity index (χ0) is 10.4. The molecule has 0 aromatic heterocycles. The third kappa shape index (κ3) is 3.53. The molecule has 4 nitrogen and oxygen atoms in total. The van der Waals surface area contributed by atoms with Crippen LogP contribution in [0.1, 0.15) is 25.7 Å². The predicted molar refractivity (Wildman–Crippen MR) is 59.7 cm³/mol. The van der Waals surface area contributed by atoms with Crippen LogP contribution in [0, 0.1) is 0 Å². The Balaban J connectivity index is 2.15. The van der Waals surface area contributed by atoms with E-state index in [1.165, 1.54) is 25.7 Å². The Labute approximate surface area is 87.6 Å². The first-order chi connectivity index (χ1) is 6.77. The Morgan fingerprint density at radius 1 is 1.07 bits per heavy atom. The van der Waals surface area contributed by atoms with Gasteiger partial charge in [-0.25, -0.2) is 10.9 Å². The molecule has 0 bridgehead atoms. The third-order valence-corrected chi connectivity index (χ3v) is 3.16. The van der Waals surface area contributed by atoms with Crippen molar-refractivity contribution in [2.24, 2.45) is 0 Å². The summed E-state index contributed by atoms with van der Waals surface area (Å²) >= 11 is 0. The molecular weight excluding hydrogens is 176 g/mol. The van der Waals surface area contributed by atoms with Gasteiger partial charge in [-0.05, 0) is 19.9 Å². The van der Waals surface area contributed by atoms with Crippen LogP contribution in [0.5, 0.6) is 0 Å². The van der Waals surface area contributed by atoms with Gasteiger partial charge in [-0.15, -0.1) is 0 Å². The Kier molecular flexibility index (Phi) is 5.40. The second-order valence-corrected chi connectivity index (χ2v) is 4.02. The minimum atomic E-state index is 0.825. The Bertz CT molecular complexity index is 141. The van der Waals surface area contributed by atoms with Crippen LogP contribution in [-0.4, -0.2) is 50.3 Å². The lowest BCUT2D eigenvalue weighted by Crippen LogP contribution is -2.48. The number of hydrogen-bond donors (Lipinski definition) is 2. The molecule has 0 unspecified atom stereocenters. The van der Waals surface area contributed by atoms with E-state index in [-0.39, 0.29) is 0 Å². The van der Waals surface area contributed by atoms with Crippen LogP contribution in [0.15, 0.2) is 0 Å². The Hall–Kier alpha value is -0.160. The van der Waals surface area contributed by atoms with Crippen LogP contribution in [-0.2, 0) is 0 Å². The number of hydrazine groups is 2. The third-order valence-electron chi connectivity index (χ3n) is 3.16. The molecular formula is C10H24N4. The summed E-state index contributed by atoms with van der Waals surface area (Å²) in [6, 6.07) is 0.825. The van der Waals surface area contributed by atoms with Crippen molar-refractivity contribution >= 4 is 0 Å². The van der Waals surface area contributed by atoms with Crippen molar-refractivity contribution in [2.75, 3.05) is 34.2 Å². The maximum Gasteiger partial charge on any atom is 0.0415 e. The lowest BCUT2D eigenvalue weighted by Gasteiger charge is -2.27. The largest absolute Gasteiger partial charge is 0.302 e. The summed E-state index contributed by atoms with van der Waals surface area (Å²) in [6.45, 7) is 2.13. The van der Waals surface area contributed by atoms with Crippen molar-refractivity contribution in [3.05, 3.63) is 0 Å². The summed E-state index contributed by atoms with van der Waals surface area (Å²) in [5.41, 5.74) is 6.19. The number of hydrogen-bond acceptors (Lipinski definition) is 4. The maximum atomic E-state index is 3.09. The van der Waals surface area contributed by atoms with Gasteiger partial charge in [0.15, 0.2) is 0 Å². The van der Waals surface area contributed by atoms with Crippen LogP contribution in [0.3, 0.4) is 0 Å². The highest BCUT2D eigenvalue weighted by Crippen LogP contribution is 2.21. The summed E-state index contributed by atoms with van der Waals surface area (Å²) in [7, 11) is 6.11. The molecule has 84 valence electrons. The fourth-order valence-corrected chi connectivity index (χ4v) is 2.12. The lowest BCUT2D eigenvalue weighted by atomic mass is 10.2. The first-order valence-electron chi connectivity index (χ1n) is 5.60. The fraction of sp³-hybridized carbons (Fsp3) is 1.00. The van der Waals surface area contributed by atoms with E-state index >= 15 is 0 Å². The summed E-state index contributed by atoms with van der Waals surface area (Å²) in [5, 5.41) is 2.01. The van der Waals surface area contributed by atoms with Crippen LogP contribution >= 0.6 is 0 Å². The van der Waals surface area contributed by atoms with E-state index < -0.39 is 0 Å². The zero-order valence-corrected chi connectivity index (χ0v) is 9.71. The average molecular weight is 200 g/mol. The number of rotatable bonds is 6. The minimum absolute atomic E-state index is 0.825. The highest BCUT2D eigenvalue weighted by molar-refractivity contribution is 4.75. The van der Waals surface area contributed by atoms with Gasteiger partial charge in [0.2, 0.25) is 0 Å². The minimum Gasteiger partial charge on any atom is -0.302 e. The van der Waals surface area contributed by atoms with Gasteiger partial charge in [0.1, 0.15) is 0 Å². The van der Waals surface area contributed by atoms with Gasteiger partial charge in [-0.2, -0.15) is 5.12 Å². The van der Waals surface area contributed by atoms with E-state index in [1.807, 2.05) is 19.2 Å². The van der Waals surface area contributed by atoms with Gasteiger partial charge in [0, 0.05) is 33.2 Å². The van der Waals surface area contributed by atoms with Crippen molar-refractivity contribution in [3.8, 4) is 0 Å². The molecule has 1 fully saturated rings. The van der Waals surface area contributed by atoms with Gasteiger partial charge in [0.05, 0.1) is 0 Å². The molecule has 0 amide bonds. The van der Waals surface area contributed by atoms with E-state index in [0.29, 0.717) is 0 Å². The van der Waals surface area contributed by atoms with Gasteiger partial charge in [-0.3, -0.25) is 0 Å². The molecule has 4 heteroatoms.